The minimum atomic E-state index is -0.251. The third kappa shape index (κ3) is 2.64. The van der Waals surface area contributed by atoms with Gasteiger partial charge in [0, 0.05) is 36.2 Å². The lowest BCUT2D eigenvalue weighted by atomic mass is 10.1. The first-order valence-electron chi connectivity index (χ1n) is 6.20. The van der Waals surface area contributed by atoms with Gasteiger partial charge in [-0.1, -0.05) is 15.9 Å². The van der Waals surface area contributed by atoms with Crippen LogP contribution in [0.1, 0.15) is 0 Å². The molecule has 6 heteroatoms. The number of anilines is 1. The Morgan fingerprint density at radius 2 is 2.05 bits per heavy atom. The highest BCUT2D eigenvalue weighted by Crippen LogP contribution is 2.26. The van der Waals surface area contributed by atoms with Crippen LogP contribution in [0.5, 0.6) is 0 Å². The number of piperazine rings is 1. The van der Waals surface area contributed by atoms with E-state index in [2.05, 4.69) is 36.1 Å². The molecule has 2 heterocycles. The van der Waals surface area contributed by atoms with Crippen LogP contribution in [0.2, 0.25) is 0 Å². The molecule has 2 N–H and O–H groups in total. The van der Waals surface area contributed by atoms with Crippen LogP contribution in [-0.4, -0.2) is 36.1 Å². The van der Waals surface area contributed by atoms with Gasteiger partial charge in [0.1, 0.15) is 5.82 Å². The standard InChI is InChI=1S/C13H14BrFN4/c14-9-1-2-11(15)10(7-9)12-8-17-13(18-12)19-5-3-16-4-6-19/h1-2,7-8,16H,3-6H2,(H,17,18). The third-order valence-corrected chi connectivity index (χ3v) is 3.69. The van der Waals surface area contributed by atoms with Crippen LogP contribution < -0.4 is 10.2 Å². The fourth-order valence-corrected chi connectivity index (χ4v) is 2.55. The summed E-state index contributed by atoms with van der Waals surface area (Å²) in [4.78, 5) is 9.70. The summed E-state index contributed by atoms with van der Waals surface area (Å²) in [6.45, 7) is 3.71. The second kappa shape index (κ2) is 5.30. The predicted octanol–water partition coefficient (Wildman–Crippen LogP) is 2.39. The minimum Gasteiger partial charge on any atom is -0.340 e. The first-order valence-corrected chi connectivity index (χ1v) is 6.99. The van der Waals surface area contributed by atoms with Crippen molar-refractivity contribution in [1.82, 2.24) is 15.3 Å². The van der Waals surface area contributed by atoms with Crippen LogP contribution >= 0.6 is 15.9 Å². The molecule has 0 aliphatic carbocycles. The molecule has 1 saturated heterocycles. The third-order valence-electron chi connectivity index (χ3n) is 3.20. The maximum Gasteiger partial charge on any atom is 0.203 e. The van der Waals surface area contributed by atoms with Gasteiger partial charge in [0.05, 0.1) is 11.9 Å². The average molecular weight is 325 g/mol. The zero-order chi connectivity index (χ0) is 13.2. The molecule has 0 unspecified atom stereocenters. The molecule has 1 fully saturated rings. The van der Waals surface area contributed by atoms with Crippen molar-refractivity contribution in [3.63, 3.8) is 0 Å². The number of nitrogens with one attached hydrogen (secondary N) is 2. The van der Waals surface area contributed by atoms with E-state index in [1.165, 1.54) is 6.07 Å². The zero-order valence-electron chi connectivity index (χ0n) is 10.3. The highest BCUT2D eigenvalue weighted by atomic mass is 79.9. The van der Waals surface area contributed by atoms with Crippen LogP contribution in [0, 0.1) is 5.82 Å². The molecule has 0 saturated carbocycles. The van der Waals surface area contributed by atoms with Gasteiger partial charge in [0.15, 0.2) is 0 Å². The van der Waals surface area contributed by atoms with Crippen molar-refractivity contribution in [3.05, 3.63) is 34.7 Å². The van der Waals surface area contributed by atoms with Gasteiger partial charge in [0.25, 0.3) is 0 Å². The normalized spacial score (nSPS) is 15.8. The molecule has 0 spiro atoms. The molecule has 3 rings (SSSR count). The Balaban J connectivity index is 1.89. The van der Waals surface area contributed by atoms with Gasteiger partial charge in [-0.3, -0.25) is 0 Å². The van der Waals surface area contributed by atoms with Crippen molar-refractivity contribution >= 4 is 21.9 Å². The zero-order valence-corrected chi connectivity index (χ0v) is 11.9. The molecule has 1 aliphatic rings. The number of rotatable bonds is 2. The fourth-order valence-electron chi connectivity index (χ4n) is 2.19. The molecule has 0 radical (unpaired) electrons. The Morgan fingerprint density at radius 3 is 2.84 bits per heavy atom. The molecule has 0 atom stereocenters. The van der Waals surface area contributed by atoms with E-state index in [-0.39, 0.29) is 5.82 Å². The molecule has 4 nitrogen and oxygen atoms in total. The molecule has 100 valence electrons. The maximum atomic E-state index is 13.8. The topological polar surface area (TPSA) is 44.0 Å². The smallest absolute Gasteiger partial charge is 0.203 e. The van der Waals surface area contributed by atoms with Gasteiger partial charge in [0.2, 0.25) is 5.95 Å². The summed E-state index contributed by atoms with van der Waals surface area (Å²) in [6.07, 6.45) is 1.68. The second-order valence-electron chi connectivity index (χ2n) is 4.48. The van der Waals surface area contributed by atoms with E-state index in [1.54, 1.807) is 18.3 Å². The number of nitrogens with zero attached hydrogens (tertiary/aromatic N) is 2. The number of H-pyrrole nitrogens is 1. The van der Waals surface area contributed by atoms with Crippen LogP contribution in [0.3, 0.4) is 0 Å². The number of hydrogen-bond acceptors (Lipinski definition) is 3. The predicted molar refractivity (Wildman–Crippen MR) is 76.8 cm³/mol. The van der Waals surface area contributed by atoms with E-state index in [0.717, 1.165) is 36.6 Å². The van der Waals surface area contributed by atoms with Crippen molar-refractivity contribution in [3.8, 4) is 11.3 Å². The molecular weight excluding hydrogens is 311 g/mol. The van der Waals surface area contributed by atoms with Gasteiger partial charge in [-0.15, -0.1) is 0 Å². The minimum absolute atomic E-state index is 0.251. The van der Waals surface area contributed by atoms with Crippen molar-refractivity contribution in [2.45, 2.75) is 0 Å². The van der Waals surface area contributed by atoms with Crippen molar-refractivity contribution < 1.29 is 4.39 Å². The lowest BCUT2D eigenvalue weighted by molar-refractivity contribution is 0.581. The van der Waals surface area contributed by atoms with Gasteiger partial charge >= 0.3 is 0 Å². The molecule has 2 aromatic rings. The monoisotopic (exact) mass is 324 g/mol. The molecule has 1 aliphatic heterocycles. The molecule has 0 amide bonds. The van der Waals surface area contributed by atoms with E-state index < -0.39 is 0 Å². The van der Waals surface area contributed by atoms with Crippen LogP contribution in [0.15, 0.2) is 28.9 Å². The Kier molecular flexibility index (Phi) is 3.52. The summed E-state index contributed by atoms with van der Waals surface area (Å²) in [6, 6.07) is 4.89. The van der Waals surface area contributed by atoms with E-state index in [9.17, 15) is 4.39 Å². The largest absolute Gasteiger partial charge is 0.340 e. The van der Waals surface area contributed by atoms with E-state index in [1.807, 2.05) is 0 Å². The summed E-state index contributed by atoms with van der Waals surface area (Å²) in [7, 11) is 0. The van der Waals surface area contributed by atoms with E-state index >= 15 is 0 Å². The lowest BCUT2D eigenvalue weighted by Crippen LogP contribution is -2.44. The fraction of sp³-hybridized carbons (Fsp3) is 0.308. The first kappa shape index (κ1) is 12.6. The highest BCUT2D eigenvalue weighted by molar-refractivity contribution is 9.10. The number of aromatic nitrogens is 2. The van der Waals surface area contributed by atoms with Crippen LogP contribution in [0.4, 0.5) is 10.3 Å². The van der Waals surface area contributed by atoms with Crippen LogP contribution in [-0.2, 0) is 0 Å². The Hall–Kier alpha value is -1.40. The number of hydrogen-bond donors (Lipinski definition) is 2. The molecule has 1 aromatic carbocycles. The molecule has 0 bridgehead atoms. The Bertz CT molecular complexity index is 578. The highest BCUT2D eigenvalue weighted by Gasteiger charge is 2.15. The quantitative estimate of drug-likeness (QED) is 0.891. The summed E-state index contributed by atoms with van der Waals surface area (Å²) >= 11 is 3.36. The number of imidazole rings is 1. The summed E-state index contributed by atoms with van der Waals surface area (Å²) in [5.74, 6) is 0.551. The van der Waals surface area contributed by atoms with Gasteiger partial charge in [-0.25, -0.2) is 9.37 Å². The molecular formula is C13H14BrFN4. The summed E-state index contributed by atoms with van der Waals surface area (Å²) in [5, 5.41) is 3.29. The summed E-state index contributed by atoms with van der Waals surface area (Å²) in [5.41, 5.74) is 1.23. The number of aromatic amines is 1. The van der Waals surface area contributed by atoms with Crippen molar-refractivity contribution in [2.75, 3.05) is 31.1 Å². The maximum absolute atomic E-state index is 13.8. The van der Waals surface area contributed by atoms with E-state index in [4.69, 9.17) is 0 Å². The SMILES string of the molecule is Fc1ccc(Br)cc1-c1cnc(N2CCNCC2)[nH]1. The second-order valence-corrected chi connectivity index (χ2v) is 5.40. The van der Waals surface area contributed by atoms with Gasteiger partial charge in [-0.2, -0.15) is 0 Å². The van der Waals surface area contributed by atoms with Crippen molar-refractivity contribution in [2.24, 2.45) is 0 Å². The van der Waals surface area contributed by atoms with Gasteiger partial charge in [-0.05, 0) is 18.2 Å². The lowest BCUT2D eigenvalue weighted by Gasteiger charge is -2.26. The first-order chi connectivity index (χ1) is 9.24. The molecule has 1 aromatic heterocycles. The Labute approximate surface area is 119 Å². The van der Waals surface area contributed by atoms with Gasteiger partial charge < -0.3 is 15.2 Å². The van der Waals surface area contributed by atoms with E-state index in [0.29, 0.717) is 11.3 Å². The van der Waals surface area contributed by atoms with Crippen LogP contribution in [0.25, 0.3) is 11.3 Å². The molecule has 19 heavy (non-hydrogen) atoms. The summed E-state index contributed by atoms with van der Waals surface area (Å²) < 4.78 is 14.7. The van der Waals surface area contributed by atoms with Crippen molar-refractivity contribution in [1.29, 1.82) is 0 Å². The average Bonchev–Trinajstić information content (AvgIpc) is 2.92. The Morgan fingerprint density at radius 1 is 1.26 bits per heavy atom. The number of benzene rings is 1. The number of halogens is 2.